The zero-order valence-electron chi connectivity index (χ0n) is 8.27. The molecule has 4 nitrogen and oxygen atoms in total. The van der Waals surface area contributed by atoms with Crippen LogP contribution in [0, 0.1) is 0 Å². The highest BCUT2D eigenvalue weighted by molar-refractivity contribution is 5.87. The van der Waals surface area contributed by atoms with E-state index in [-0.39, 0.29) is 5.41 Å². The molecule has 1 aromatic carbocycles. The molecule has 0 spiro atoms. The van der Waals surface area contributed by atoms with Crippen LogP contribution in [0.4, 0.5) is 0 Å². The molecule has 1 saturated heterocycles. The molecule has 0 amide bonds. The number of hydrogen-bond donors (Lipinski definition) is 2. The van der Waals surface area contributed by atoms with Crippen molar-refractivity contribution in [1.29, 1.82) is 0 Å². The Kier molecular flexibility index (Phi) is 2.46. The third-order valence-corrected chi connectivity index (χ3v) is 2.89. The first-order valence-electron chi connectivity index (χ1n) is 4.80. The summed E-state index contributed by atoms with van der Waals surface area (Å²) in [5, 5.41) is 8.76. The van der Waals surface area contributed by atoms with Gasteiger partial charge in [-0.25, -0.2) is 4.79 Å². The van der Waals surface area contributed by atoms with E-state index in [1.807, 2.05) is 12.1 Å². The minimum absolute atomic E-state index is 0.100. The third-order valence-electron chi connectivity index (χ3n) is 2.89. The summed E-state index contributed by atoms with van der Waals surface area (Å²) in [6, 6.07) is 6.85. The van der Waals surface area contributed by atoms with E-state index >= 15 is 0 Å². The molecule has 1 heterocycles. The average molecular weight is 207 g/mol. The lowest BCUT2D eigenvalue weighted by molar-refractivity contribution is -0.0550. The van der Waals surface area contributed by atoms with Gasteiger partial charge >= 0.3 is 5.97 Å². The van der Waals surface area contributed by atoms with E-state index in [0.717, 1.165) is 5.56 Å². The van der Waals surface area contributed by atoms with Gasteiger partial charge in [-0.15, -0.1) is 0 Å². The molecule has 80 valence electrons. The molecule has 2 rings (SSSR count). The van der Waals surface area contributed by atoms with Crippen LogP contribution in [-0.4, -0.2) is 30.8 Å². The van der Waals surface area contributed by atoms with Crippen LogP contribution in [-0.2, 0) is 10.2 Å². The van der Waals surface area contributed by atoms with E-state index in [1.54, 1.807) is 12.1 Å². The molecule has 0 radical (unpaired) electrons. The Bertz CT molecular complexity index is 362. The van der Waals surface area contributed by atoms with E-state index in [0.29, 0.717) is 25.3 Å². The summed E-state index contributed by atoms with van der Waals surface area (Å²) < 4.78 is 5.16. The number of hydrogen-bond acceptors (Lipinski definition) is 3. The molecule has 1 aliphatic rings. The molecule has 3 N–H and O–H groups in total. The summed E-state index contributed by atoms with van der Waals surface area (Å²) in [7, 11) is 0. The monoisotopic (exact) mass is 207 g/mol. The highest BCUT2D eigenvalue weighted by Gasteiger charge is 2.38. The molecule has 15 heavy (non-hydrogen) atoms. The lowest BCUT2D eigenvalue weighted by atomic mass is 9.78. The summed E-state index contributed by atoms with van der Waals surface area (Å²) in [5.41, 5.74) is 6.96. The van der Waals surface area contributed by atoms with Gasteiger partial charge in [0.2, 0.25) is 0 Å². The number of nitrogens with two attached hydrogens (primary N) is 1. The molecular formula is C11H13NO3. The zero-order chi connectivity index (χ0) is 10.9. The van der Waals surface area contributed by atoms with Crippen LogP contribution in [0.25, 0.3) is 0 Å². The minimum atomic E-state index is -0.909. The van der Waals surface area contributed by atoms with Gasteiger partial charge in [0.15, 0.2) is 0 Å². The summed E-state index contributed by atoms with van der Waals surface area (Å²) >= 11 is 0. The Balaban J connectivity index is 2.26. The van der Waals surface area contributed by atoms with Crippen LogP contribution in [0.3, 0.4) is 0 Å². The van der Waals surface area contributed by atoms with Crippen molar-refractivity contribution in [3.8, 4) is 0 Å². The Morgan fingerprint density at radius 2 is 2.00 bits per heavy atom. The van der Waals surface area contributed by atoms with Gasteiger partial charge in [0, 0.05) is 6.54 Å². The van der Waals surface area contributed by atoms with Crippen LogP contribution in [0.2, 0.25) is 0 Å². The molecule has 0 bridgehead atoms. The lowest BCUT2D eigenvalue weighted by Gasteiger charge is -2.41. The molecule has 0 unspecified atom stereocenters. The van der Waals surface area contributed by atoms with Crippen molar-refractivity contribution >= 4 is 5.97 Å². The minimum Gasteiger partial charge on any atom is -0.478 e. The molecule has 1 aromatic rings. The third kappa shape index (κ3) is 1.62. The summed E-state index contributed by atoms with van der Waals surface area (Å²) in [6.07, 6.45) is 0. The Labute approximate surface area is 87.7 Å². The molecule has 4 heteroatoms. The van der Waals surface area contributed by atoms with Crippen molar-refractivity contribution in [3.05, 3.63) is 35.4 Å². The molecule has 1 aliphatic heterocycles. The van der Waals surface area contributed by atoms with Crippen molar-refractivity contribution in [2.45, 2.75) is 5.41 Å². The zero-order valence-corrected chi connectivity index (χ0v) is 8.27. The van der Waals surface area contributed by atoms with Crippen LogP contribution >= 0.6 is 0 Å². The fraction of sp³-hybridized carbons (Fsp3) is 0.364. The predicted octanol–water partition coefficient (Wildman–Crippen LogP) is 0.612. The number of carbonyl (C=O) groups is 1. The van der Waals surface area contributed by atoms with E-state index < -0.39 is 5.97 Å². The van der Waals surface area contributed by atoms with Crippen molar-refractivity contribution in [1.82, 2.24) is 0 Å². The quantitative estimate of drug-likeness (QED) is 0.761. The van der Waals surface area contributed by atoms with Crippen LogP contribution in [0.5, 0.6) is 0 Å². The molecular weight excluding hydrogens is 194 g/mol. The van der Waals surface area contributed by atoms with Gasteiger partial charge in [-0.05, 0) is 17.7 Å². The van der Waals surface area contributed by atoms with Crippen molar-refractivity contribution in [3.63, 3.8) is 0 Å². The Hall–Kier alpha value is -1.39. The first-order chi connectivity index (χ1) is 7.18. The molecule has 1 fully saturated rings. The van der Waals surface area contributed by atoms with Gasteiger partial charge < -0.3 is 15.6 Å². The number of rotatable bonds is 3. The van der Waals surface area contributed by atoms with Gasteiger partial charge in [-0.1, -0.05) is 12.1 Å². The topological polar surface area (TPSA) is 72.6 Å². The average Bonchev–Trinajstić information content (AvgIpc) is 2.18. The fourth-order valence-electron chi connectivity index (χ4n) is 1.72. The maximum absolute atomic E-state index is 10.7. The smallest absolute Gasteiger partial charge is 0.335 e. The van der Waals surface area contributed by atoms with Crippen molar-refractivity contribution < 1.29 is 14.6 Å². The van der Waals surface area contributed by atoms with Crippen molar-refractivity contribution in [2.24, 2.45) is 5.73 Å². The summed E-state index contributed by atoms with van der Waals surface area (Å²) in [5.74, 6) is -0.909. The highest BCUT2D eigenvalue weighted by Crippen LogP contribution is 2.31. The second kappa shape index (κ2) is 3.64. The van der Waals surface area contributed by atoms with E-state index in [9.17, 15) is 4.79 Å². The maximum Gasteiger partial charge on any atom is 0.335 e. The number of ether oxygens (including phenoxy) is 1. The molecule has 0 aromatic heterocycles. The lowest BCUT2D eigenvalue weighted by Crippen LogP contribution is -2.52. The van der Waals surface area contributed by atoms with E-state index in [4.69, 9.17) is 15.6 Å². The Morgan fingerprint density at radius 1 is 1.40 bits per heavy atom. The van der Waals surface area contributed by atoms with Gasteiger partial charge in [0.05, 0.1) is 24.2 Å². The van der Waals surface area contributed by atoms with E-state index in [1.165, 1.54) is 0 Å². The SMILES string of the molecule is NCC1(c2ccc(C(=O)O)cc2)COC1. The first-order valence-corrected chi connectivity index (χ1v) is 4.80. The normalized spacial score (nSPS) is 18.2. The standard InChI is InChI=1S/C11H13NO3/c12-5-11(6-15-7-11)9-3-1-8(2-4-9)10(13)14/h1-4H,5-7,12H2,(H,13,14). The number of carboxylic acid groups (broad SMARTS) is 1. The predicted molar refractivity (Wildman–Crippen MR) is 55.0 cm³/mol. The molecule has 0 atom stereocenters. The molecule has 0 aliphatic carbocycles. The largest absolute Gasteiger partial charge is 0.478 e. The van der Waals surface area contributed by atoms with E-state index in [2.05, 4.69) is 0 Å². The van der Waals surface area contributed by atoms with Crippen LogP contribution in [0.15, 0.2) is 24.3 Å². The van der Waals surface area contributed by atoms with Gasteiger partial charge in [-0.2, -0.15) is 0 Å². The van der Waals surface area contributed by atoms with Gasteiger partial charge in [0.1, 0.15) is 0 Å². The first kappa shape index (κ1) is 10.1. The summed E-state index contributed by atoms with van der Waals surface area (Å²) in [6.45, 7) is 1.77. The second-order valence-electron chi connectivity index (χ2n) is 3.86. The van der Waals surface area contributed by atoms with Crippen LogP contribution in [0.1, 0.15) is 15.9 Å². The number of carboxylic acids is 1. The van der Waals surface area contributed by atoms with Gasteiger partial charge in [0.25, 0.3) is 0 Å². The summed E-state index contributed by atoms with van der Waals surface area (Å²) in [4.78, 5) is 10.7. The highest BCUT2D eigenvalue weighted by atomic mass is 16.5. The molecule has 0 saturated carbocycles. The second-order valence-corrected chi connectivity index (χ2v) is 3.86. The number of aromatic carboxylic acids is 1. The Morgan fingerprint density at radius 3 is 2.33 bits per heavy atom. The van der Waals surface area contributed by atoms with Crippen LogP contribution < -0.4 is 5.73 Å². The van der Waals surface area contributed by atoms with Crippen molar-refractivity contribution in [2.75, 3.05) is 19.8 Å². The number of benzene rings is 1. The fourth-order valence-corrected chi connectivity index (χ4v) is 1.72. The maximum atomic E-state index is 10.7. The van der Waals surface area contributed by atoms with Gasteiger partial charge in [-0.3, -0.25) is 0 Å².